The van der Waals surface area contributed by atoms with Gasteiger partial charge in [0.1, 0.15) is 0 Å². The highest BCUT2D eigenvalue weighted by atomic mass is 16.5. The largest absolute Gasteiger partial charge is 0.378 e. The van der Waals surface area contributed by atoms with E-state index < -0.39 is 0 Å². The summed E-state index contributed by atoms with van der Waals surface area (Å²) in [6, 6.07) is 0.430. The van der Waals surface area contributed by atoms with Crippen LogP contribution in [-0.4, -0.2) is 31.2 Å². The number of primary amides is 1. The molecule has 0 aromatic rings. The highest BCUT2D eigenvalue weighted by Gasteiger charge is 2.56. The van der Waals surface area contributed by atoms with Crippen molar-refractivity contribution < 1.29 is 9.53 Å². The van der Waals surface area contributed by atoms with Crippen molar-refractivity contribution in [3.63, 3.8) is 0 Å². The maximum atomic E-state index is 10.8. The molecule has 2 rings (SSSR count). The predicted octanol–water partition coefficient (Wildman–Crippen LogP) is 0.799. The minimum Gasteiger partial charge on any atom is -0.378 e. The molecule has 0 bridgehead atoms. The average molecular weight is 226 g/mol. The average Bonchev–Trinajstić information content (AvgIpc) is 2.73. The Labute approximate surface area is 96.9 Å². The van der Waals surface area contributed by atoms with Gasteiger partial charge in [0.15, 0.2) is 0 Å². The maximum absolute atomic E-state index is 10.8. The first-order chi connectivity index (χ1) is 7.69. The third kappa shape index (κ3) is 1.96. The van der Waals surface area contributed by atoms with Gasteiger partial charge in [-0.15, -0.1) is 0 Å². The summed E-state index contributed by atoms with van der Waals surface area (Å²) in [5.41, 5.74) is 5.46. The van der Waals surface area contributed by atoms with E-state index in [4.69, 9.17) is 10.5 Å². The van der Waals surface area contributed by atoms with Crippen LogP contribution in [0.2, 0.25) is 0 Å². The smallest absolute Gasteiger partial charge is 0.231 e. The zero-order valence-corrected chi connectivity index (χ0v) is 10.00. The fourth-order valence-electron chi connectivity index (χ4n) is 3.40. The van der Waals surface area contributed by atoms with E-state index in [9.17, 15) is 4.79 Å². The molecule has 16 heavy (non-hydrogen) atoms. The third-order valence-electron chi connectivity index (χ3n) is 4.21. The number of hydrogen-bond acceptors (Lipinski definition) is 3. The second-order valence-corrected chi connectivity index (χ2v) is 5.02. The quantitative estimate of drug-likeness (QED) is 0.728. The van der Waals surface area contributed by atoms with E-state index in [0.29, 0.717) is 24.1 Å². The molecule has 2 atom stereocenters. The van der Waals surface area contributed by atoms with Gasteiger partial charge in [-0.3, -0.25) is 4.79 Å². The number of nitrogens with one attached hydrogen (secondary N) is 1. The van der Waals surface area contributed by atoms with Gasteiger partial charge in [-0.05, 0) is 26.2 Å². The van der Waals surface area contributed by atoms with Crippen LogP contribution in [-0.2, 0) is 9.53 Å². The lowest BCUT2D eigenvalue weighted by molar-refractivity contribution is -0.133. The minimum atomic E-state index is -0.270. The van der Waals surface area contributed by atoms with Gasteiger partial charge in [-0.25, -0.2) is 0 Å². The van der Waals surface area contributed by atoms with E-state index in [1.165, 1.54) is 25.7 Å². The molecule has 3 N–H and O–H groups in total. The number of carbonyl (C=O) groups is 1. The van der Waals surface area contributed by atoms with Crippen molar-refractivity contribution in [2.75, 3.05) is 13.2 Å². The van der Waals surface area contributed by atoms with E-state index in [1.54, 1.807) is 0 Å². The molecule has 0 aromatic carbocycles. The molecule has 0 aromatic heterocycles. The van der Waals surface area contributed by atoms with Gasteiger partial charge in [-0.1, -0.05) is 12.8 Å². The fourth-order valence-corrected chi connectivity index (χ4v) is 3.40. The molecule has 0 saturated heterocycles. The van der Waals surface area contributed by atoms with Crippen LogP contribution in [0, 0.1) is 5.41 Å². The van der Waals surface area contributed by atoms with Gasteiger partial charge in [-0.2, -0.15) is 0 Å². The Balaban J connectivity index is 1.92. The van der Waals surface area contributed by atoms with Crippen molar-refractivity contribution in [1.29, 1.82) is 0 Å². The van der Waals surface area contributed by atoms with Crippen molar-refractivity contribution in [3.05, 3.63) is 0 Å². The zero-order chi connectivity index (χ0) is 11.6. The Bertz CT molecular complexity index is 262. The molecular formula is C12H22N2O2. The van der Waals surface area contributed by atoms with Gasteiger partial charge in [0, 0.05) is 18.1 Å². The fraction of sp³-hybridized carbons (Fsp3) is 0.917. The number of carbonyl (C=O) groups excluding carboxylic acids is 1. The lowest BCUT2D eigenvalue weighted by Crippen LogP contribution is -2.63. The molecule has 1 spiro atoms. The second-order valence-electron chi connectivity index (χ2n) is 5.02. The molecule has 0 aliphatic heterocycles. The molecule has 92 valence electrons. The standard InChI is InChI=1S/C12H22N2O2/c1-2-16-10-7-9(14-8-11(13)15)12(10)5-3-4-6-12/h9-10,14H,2-8H2,1H3,(H2,13,15). The number of nitrogens with two attached hydrogens (primary N) is 1. The molecule has 1 amide bonds. The SMILES string of the molecule is CCOC1CC(NCC(N)=O)C12CCCC2. The van der Waals surface area contributed by atoms with E-state index in [-0.39, 0.29) is 5.91 Å². The first kappa shape index (κ1) is 11.9. The van der Waals surface area contributed by atoms with Crippen LogP contribution in [0.3, 0.4) is 0 Å². The number of rotatable bonds is 5. The van der Waals surface area contributed by atoms with E-state index in [2.05, 4.69) is 5.32 Å². The Morgan fingerprint density at radius 2 is 2.19 bits per heavy atom. The molecule has 2 fully saturated rings. The van der Waals surface area contributed by atoms with Crippen molar-refractivity contribution in [3.8, 4) is 0 Å². The van der Waals surface area contributed by atoms with Crippen molar-refractivity contribution in [1.82, 2.24) is 5.32 Å². The van der Waals surface area contributed by atoms with Gasteiger partial charge in [0.05, 0.1) is 12.6 Å². The van der Waals surface area contributed by atoms with E-state index in [0.717, 1.165) is 13.0 Å². The molecule has 0 heterocycles. The molecule has 4 heteroatoms. The van der Waals surface area contributed by atoms with Gasteiger partial charge in [0.25, 0.3) is 0 Å². The molecule has 2 aliphatic rings. The lowest BCUT2D eigenvalue weighted by atomic mass is 9.60. The Kier molecular flexibility index (Phi) is 3.50. The number of ether oxygens (including phenoxy) is 1. The Morgan fingerprint density at radius 3 is 2.75 bits per heavy atom. The summed E-state index contributed by atoms with van der Waals surface area (Å²) in [5, 5.41) is 3.29. The summed E-state index contributed by atoms with van der Waals surface area (Å²) in [7, 11) is 0. The molecule has 2 saturated carbocycles. The predicted molar refractivity (Wildman–Crippen MR) is 61.9 cm³/mol. The monoisotopic (exact) mass is 226 g/mol. The minimum absolute atomic E-state index is 0.270. The second kappa shape index (κ2) is 4.72. The van der Waals surface area contributed by atoms with Crippen LogP contribution in [0.4, 0.5) is 0 Å². The van der Waals surface area contributed by atoms with Crippen LogP contribution >= 0.6 is 0 Å². The number of amides is 1. The molecule has 2 unspecified atom stereocenters. The van der Waals surface area contributed by atoms with Gasteiger partial charge < -0.3 is 15.8 Å². The van der Waals surface area contributed by atoms with E-state index in [1.807, 2.05) is 6.92 Å². The summed E-state index contributed by atoms with van der Waals surface area (Å²) in [5.74, 6) is -0.270. The molecule has 4 nitrogen and oxygen atoms in total. The topological polar surface area (TPSA) is 64.3 Å². The van der Waals surface area contributed by atoms with Crippen LogP contribution in [0.1, 0.15) is 39.0 Å². The summed E-state index contributed by atoms with van der Waals surface area (Å²) < 4.78 is 5.80. The number of hydrogen-bond donors (Lipinski definition) is 2. The first-order valence-electron chi connectivity index (χ1n) is 6.32. The normalized spacial score (nSPS) is 31.6. The van der Waals surface area contributed by atoms with Crippen LogP contribution in [0.25, 0.3) is 0 Å². The maximum Gasteiger partial charge on any atom is 0.231 e. The highest BCUT2D eigenvalue weighted by Crippen LogP contribution is 2.54. The van der Waals surface area contributed by atoms with Crippen molar-refractivity contribution >= 4 is 5.91 Å². The first-order valence-corrected chi connectivity index (χ1v) is 6.32. The Hall–Kier alpha value is -0.610. The summed E-state index contributed by atoms with van der Waals surface area (Å²) in [6.45, 7) is 3.13. The van der Waals surface area contributed by atoms with Gasteiger partial charge >= 0.3 is 0 Å². The van der Waals surface area contributed by atoms with Crippen LogP contribution in [0.5, 0.6) is 0 Å². The third-order valence-corrected chi connectivity index (χ3v) is 4.21. The summed E-state index contributed by atoms with van der Waals surface area (Å²) in [6.07, 6.45) is 6.46. The summed E-state index contributed by atoms with van der Waals surface area (Å²) in [4.78, 5) is 10.8. The van der Waals surface area contributed by atoms with Crippen LogP contribution < -0.4 is 11.1 Å². The molecule has 2 aliphatic carbocycles. The molecule has 0 radical (unpaired) electrons. The lowest BCUT2D eigenvalue weighted by Gasteiger charge is -2.54. The Morgan fingerprint density at radius 1 is 1.50 bits per heavy atom. The zero-order valence-electron chi connectivity index (χ0n) is 10.00. The summed E-state index contributed by atoms with van der Waals surface area (Å²) >= 11 is 0. The van der Waals surface area contributed by atoms with Crippen molar-refractivity contribution in [2.45, 2.75) is 51.2 Å². The van der Waals surface area contributed by atoms with Crippen molar-refractivity contribution in [2.24, 2.45) is 11.1 Å². The highest BCUT2D eigenvalue weighted by molar-refractivity contribution is 5.75. The van der Waals surface area contributed by atoms with Crippen LogP contribution in [0.15, 0.2) is 0 Å². The van der Waals surface area contributed by atoms with Gasteiger partial charge in [0.2, 0.25) is 5.91 Å². The molecular weight excluding hydrogens is 204 g/mol. The van der Waals surface area contributed by atoms with E-state index >= 15 is 0 Å².